The highest BCUT2D eigenvalue weighted by atomic mass is 35.5. The number of amides is 1. The Kier molecular flexibility index (Phi) is 11.3. The number of anilines is 4. The number of sulfone groups is 1. The van der Waals surface area contributed by atoms with Gasteiger partial charge in [-0.2, -0.15) is 4.98 Å². The van der Waals surface area contributed by atoms with Crippen LogP contribution in [-0.2, 0) is 9.84 Å². The summed E-state index contributed by atoms with van der Waals surface area (Å²) in [6.07, 6.45) is 6.38. The third kappa shape index (κ3) is 8.11. The Balaban J connectivity index is 1.47. The number of allylic oxidation sites excluding steroid dienone is 1. The van der Waals surface area contributed by atoms with Crippen LogP contribution in [0.5, 0.6) is 5.75 Å². The number of carbonyl (C=O) groups excluding carboxylic acids is 1. The van der Waals surface area contributed by atoms with Gasteiger partial charge in [0.2, 0.25) is 5.95 Å². The van der Waals surface area contributed by atoms with Crippen molar-refractivity contribution in [2.24, 2.45) is 0 Å². The Morgan fingerprint density at radius 2 is 1.77 bits per heavy atom. The van der Waals surface area contributed by atoms with E-state index in [-0.39, 0.29) is 33.7 Å². The van der Waals surface area contributed by atoms with Crippen LogP contribution in [0.2, 0.25) is 5.02 Å². The van der Waals surface area contributed by atoms with E-state index in [0.29, 0.717) is 28.7 Å². The first-order valence-electron chi connectivity index (χ1n) is 16.5. The van der Waals surface area contributed by atoms with Gasteiger partial charge in [-0.3, -0.25) is 9.69 Å². The number of rotatable bonds is 11. The number of halogens is 1. The van der Waals surface area contributed by atoms with Gasteiger partial charge in [0.05, 0.1) is 33.8 Å². The molecule has 1 atom stereocenters. The van der Waals surface area contributed by atoms with E-state index in [2.05, 4.69) is 48.8 Å². The average Bonchev–Trinajstić information content (AvgIpc) is 3.06. The van der Waals surface area contributed by atoms with Crippen LogP contribution in [0.4, 0.5) is 23.1 Å². The van der Waals surface area contributed by atoms with E-state index in [9.17, 15) is 13.2 Å². The van der Waals surface area contributed by atoms with Crippen molar-refractivity contribution in [2.75, 3.05) is 50.9 Å². The maximum absolute atomic E-state index is 13.3. The molecule has 0 bridgehead atoms. The smallest absolute Gasteiger partial charge is 0.251 e. The molecule has 0 radical (unpaired) electrons. The van der Waals surface area contributed by atoms with E-state index in [0.717, 1.165) is 56.6 Å². The first-order chi connectivity index (χ1) is 22.9. The molecule has 0 spiro atoms. The zero-order chi connectivity index (χ0) is 34.6. The summed E-state index contributed by atoms with van der Waals surface area (Å²) in [6, 6.07) is 10.8. The summed E-state index contributed by atoms with van der Waals surface area (Å²) >= 11 is 6.48. The summed E-state index contributed by atoms with van der Waals surface area (Å²) in [6.45, 7) is 11.5. The molecule has 2 heterocycles. The SMILES string of the molecule is CNC(=O)c1cc(Nc2ncc(Cl)c(Nc3ccccc3S(=O)(=O)C(C)C)n2)c(OC(C)C)cc1C1=CCC(N2CCN(C)CC2)CC1. The van der Waals surface area contributed by atoms with Crippen LogP contribution in [0.1, 0.15) is 62.9 Å². The fourth-order valence-corrected chi connectivity index (χ4v) is 7.38. The van der Waals surface area contributed by atoms with E-state index in [1.165, 1.54) is 6.20 Å². The van der Waals surface area contributed by atoms with Crippen LogP contribution in [-0.4, -0.2) is 91.8 Å². The van der Waals surface area contributed by atoms with Crippen LogP contribution in [0, 0.1) is 0 Å². The van der Waals surface area contributed by atoms with Crippen LogP contribution in [0.15, 0.2) is 53.6 Å². The topological polar surface area (TPSA) is 129 Å². The fourth-order valence-electron chi connectivity index (χ4n) is 6.04. The maximum atomic E-state index is 13.3. The lowest BCUT2D eigenvalue weighted by molar-refractivity contribution is 0.0962. The van der Waals surface area contributed by atoms with Gasteiger partial charge in [0.25, 0.3) is 5.91 Å². The van der Waals surface area contributed by atoms with Crippen molar-refractivity contribution in [1.29, 1.82) is 0 Å². The van der Waals surface area contributed by atoms with Crippen LogP contribution < -0.4 is 20.7 Å². The van der Waals surface area contributed by atoms with Gasteiger partial charge in [-0.05, 0) is 89.4 Å². The molecule has 13 heteroatoms. The molecule has 258 valence electrons. The number of benzene rings is 2. The molecule has 0 saturated carbocycles. The Bertz CT molecular complexity index is 1770. The number of likely N-dealkylation sites (N-methyl/N-ethyl adjacent to an activating group) is 1. The van der Waals surface area contributed by atoms with Crippen molar-refractivity contribution in [3.63, 3.8) is 0 Å². The lowest BCUT2D eigenvalue weighted by Gasteiger charge is -2.39. The van der Waals surface area contributed by atoms with E-state index in [1.54, 1.807) is 51.2 Å². The summed E-state index contributed by atoms with van der Waals surface area (Å²) < 4.78 is 32.4. The summed E-state index contributed by atoms with van der Waals surface area (Å²) in [5, 5.41) is 8.69. The highest BCUT2D eigenvalue weighted by Gasteiger charge is 2.27. The highest BCUT2D eigenvalue weighted by Crippen LogP contribution is 2.39. The lowest BCUT2D eigenvalue weighted by Crippen LogP contribution is -2.49. The molecule has 1 aliphatic heterocycles. The van der Waals surface area contributed by atoms with Crippen molar-refractivity contribution in [1.82, 2.24) is 25.1 Å². The number of piperazine rings is 1. The monoisotopic (exact) mass is 695 g/mol. The van der Waals surface area contributed by atoms with Gasteiger partial charge in [0, 0.05) is 44.8 Å². The Labute approximate surface area is 289 Å². The summed E-state index contributed by atoms with van der Waals surface area (Å²) in [7, 11) is 0.205. The van der Waals surface area contributed by atoms with Gasteiger partial charge in [0.1, 0.15) is 10.8 Å². The lowest BCUT2D eigenvalue weighted by atomic mass is 9.87. The number of aromatic nitrogens is 2. The minimum atomic E-state index is -3.58. The molecule has 1 saturated heterocycles. The number of para-hydroxylation sites is 1. The zero-order valence-corrected chi connectivity index (χ0v) is 30.1. The van der Waals surface area contributed by atoms with E-state index < -0.39 is 15.1 Å². The largest absolute Gasteiger partial charge is 0.489 e. The van der Waals surface area contributed by atoms with E-state index >= 15 is 0 Å². The molecule has 2 aromatic carbocycles. The predicted octanol–water partition coefficient (Wildman–Crippen LogP) is 6.13. The molecule has 1 aromatic heterocycles. The van der Waals surface area contributed by atoms with Gasteiger partial charge in [0.15, 0.2) is 15.7 Å². The second kappa shape index (κ2) is 15.2. The predicted molar refractivity (Wildman–Crippen MR) is 193 cm³/mol. The molecule has 11 nitrogen and oxygen atoms in total. The molecule has 1 aliphatic carbocycles. The van der Waals surface area contributed by atoms with Crippen molar-refractivity contribution in [2.45, 2.75) is 69.2 Å². The van der Waals surface area contributed by atoms with Gasteiger partial charge in [-0.15, -0.1) is 0 Å². The van der Waals surface area contributed by atoms with Crippen molar-refractivity contribution >= 4 is 56.1 Å². The Hall–Kier alpha value is -3.71. The van der Waals surface area contributed by atoms with Gasteiger partial charge in [-0.25, -0.2) is 13.4 Å². The summed E-state index contributed by atoms with van der Waals surface area (Å²) in [5.41, 5.74) is 3.34. The fraction of sp³-hybridized carbons (Fsp3) is 0.457. The molecular weight excluding hydrogens is 650 g/mol. The second-order valence-corrected chi connectivity index (χ2v) is 15.7. The van der Waals surface area contributed by atoms with Gasteiger partial charge < -0.3 is 25.6 Å². The normalized spacial score (nSPS) is 17.7. The quantitative estimate of drug-likeness (QED) is 0.216. The minimum Gasteiger partial charge on any atom is -0.489 e. The molecule has 1 unspecified atom stereocenters. The first kappa shape index (κ1) is 35.6. The number of carbonyl (C=O) groups is 1. The first-order valence-corrected chi connectivity index (χ1v) is 18.4. The van der Waals surface area contributed by atoms with Gasteiger partial charge >= 0.3 is 0 Å². The van der Waals surface area contributed by atoms with Gasteiger partial charge in [-0.1, -0.05) is 29.8 Å². The highest BCUT2D eigenvalue weighted by molar-refractivity contribution is 7.92. The number of nitrogens with zero attached hydrogens (tertiary/aromatic N) is 4. The minimum absolute atomic E-state index is 0.144. The molecule has 2 aliphatic rings. The second-order valence-electron chi connectivity index (χ2n) is 12.9. The molecule has 3 N–H and O–H groups in total. The van der Waals surface area contributed by atoms with E-state index in [1.807, 2.05) is 19.9 Å². The zero-order valence-electron chi connectivity index (χ0n) is 28.5. The molecular formula is C35H46ClN7O4S. The molecule has 1 fully saturated rings. The Morgan fingerprint density at radius 1 is 1.04 bits per heavy atom. The van der Waals surface area contributed by atoms with Crippen LogP contribution in [0.3, 0.4) is 0 Å². The third-order valence-electron chi connectivity index (χ3n) is 8.80. The number of hydrogen-bond acceptors (Lipinski definition) is 10. The summed E-state index contributed by atoms with van der Waals surface area (Å²) in [5.74, 6) is 0.740. The van der Waals surface area contributed by atoms with Crippen molar-refractivity contribution < 1.29 is 17.9 Å². The number of hydrogen-bond donors (Lipinski definition) is 3. The number of ether oxygens (including phenoxy) is 1. The molecule has 5 rings (SSSR count). The third-order valence-corrected chi connectivity index (χ3v) is 11.3. The number of nitrogens with one attached hydrogen (secondary N) is 3. The van der Waals surface area contributed by atoms with Crippen molar-refractivity contribution in [3.8, 4) is 5.75 Å². The average molecular weight is 696 g/mol. The molecule has 3 aromatic rings. The van der Waals surface area contributed by atoms with E-state index in [4.69, 9.17) is 16.3 Å². The van der Waals surface area contributed by atoms with Crippen LogP contribution in [0.25, 0.3) is 5.57 Å². The maximum Gasteiger partial charge on any atom is 0.251 e. The Morgan fingerprint density at radius 3 is 2.42 bits per heavy atom. The molecule has 1 amide bonds. The summed E-state index contributed by atoms with van der Waals surface area (Å²) in [4.78, 5) is 27.3. The molecule has 48 heavy (non-hydrogen) atoms. The van der Waals surface area contributed by atoms with Crippen LogP contribution >= 0.6 is 11.6 Å². The van der Waals surface area contributed by atoms with Crippen molar-refractivity contribution in [3.05, 3.63) is 64.8 Å². The standard InChI is InChI=1S/C35H46ClN7O4S/c1-22(2)47-31-20-26(24-11-13-25(14-12-24)43-17-15-42(6)16-18-43)27(34(44)37-5)19-30(31)40-35-38-21-28(36)33(41-35)39-29-9-7-8-10-32(29)48(45,46)23(3)4/h7-11,19-23,25H,12-18H2,1-6H3,(H,37,44)(H2,38,39,40,41).